The van der Waals surface area contributed by atoms with E-state index in [1.165, 1.54) is 4.80 Å². The SMILES string of the molecule is CN1CC[C@H](CNC(=O)c2ccc(-c3nnn(C)n3)cc2)C1. The van der Waals surface area contributed by atoms with Crippen molar-refractivity contribution in [2.45, 2.75) is 6.42 Å². The van der Waals surface area contributed by atoms with E-state index in [4.69, 9.17) is 0 Å². The van der Waals surface area contributed by atoms with Gasteiger partial charge in [0, 0.05) is 24.2 Å². The van der Waals surface area contributed by atoms with Crippen LogP contribution in [0.5, 0.6) is 0 Å². The Kier molecular flexibility index (Phi) is 4.15. The number of hydrogen-bond donors (Lipinski definition) is 1. The van der Waals surface area contributed by atoms with Gasteiger partial charge in [0.15, 0.2) is 0 Å². The molecule has 1 atom stereocenters. The largest absolute Gasteiger partial charge is 0.352 e. The van der Waals surface area contributed by atoms with Gasteiger partial charge in [-0.1, -0.05) is 12.1 Å². The van der Waals surface area contributed by atoms with Gasteiger partial charge in [-0.2, -0.15) is 4.80 Å². The average Bonchev–Trinajstić information content (AvgIpc) is 3.13. The predicted molar refractivity (Wildman–Crippen MR) is 82.2 cm³/mol. The molecule has 2 aromatic rings. The topological polar surface area (TPSA) is 75.9 Å². The van der Waals surface area contributed by atoms with Gasteiger partial charge in [-0.05, 0) is 43.3 Å². The molecular weight excluding hydrogens is 280 g/mol. The second-order valence-corrected chi connectivity index (χ2v) is 5.81. The summed E-state index contributed by atoms with van der Waals surface area (Å²) in [6.07, 6.45) is 1.15. The second-order valence-electron chi connectivity index (χ2n) is 5.81. The molecule has 1 N–H and O–H groups in total. The number of rotatable bonds is 4. The lowest BCUT2D eigenvalue weighted by Crippen LogP contribution is -2.30. The molecule has 116 valence electrons. The molecule has 3 rings (SSSR count). The van der Waals surface area contributed by atoms with E-state index < -0.39 is 0 Å². The zero-order chi connectivity index (χ0) is 15.5. The van der Waals surface area contributed by atoms with Gasteiger partial charge in [-0.15, -0.1) is 10.2 Å². The first-order chi connectivity index (χ1) is 10.6. The van der Waals surface area contributed by atoms with E-state index in [0.717, 1.165) is 31.6 Å². The minimum absolute atomic E-state index is 0.0341. The summed E-state index contributed by atoms with van der Waals surface area (Å²) in [6, 6.07) is 7.27. The Morgan fingerprint density at radius 3 is 2.68 bits per heavy atom. The molecule has 0 spiro atoms. The van der Waals surface area contributed by atoms with Gasteiger partial charge in [0.2, 0.25) is 5.82 Å². The van der Waals surface area contributed by atoms with E-state index in [2.05, 4.69) is 32.7 Å². The van der Waals surface area contributed by atoms with Gasteiger partial charge in [-0.25, -0.2) is 0 Å². The maximum absolute atomic E-state index is 12.2. The summed E-state index contributed by atoms with van der Waals surface area (Å²) in [4.78, 5) is 15.9. The van der Waals surface area contributed by atoms with Crippen LogP contribution in [-0.2, 0) is 7.05 Å². The number of carbonyl (C=O) groups excluding carboxylic acids is 1. The molecule has 1 aliphatic rings. The van der Waals surface area contributed by atoms with E-state index in [0.29, 0.717) is 17.3 Å². The first-order valence-electron chi connectivity index (χ1n) is 7.43. The molecule has 2 heterocycles. The quantitative estimate of drug-likeness (QED) is 0.893. The number of nitrogens with zero attached hydrogens (tertiary/aromatic N) is 5. The highest BCUT2D eigenvalue weighted by Crippen LogP contribution is 2.15. The second kappa shape index (κ2) is 6.23. The molecule has 0 unspecified atom stereocenters. The summed E-state index contributed by atoms with van der Waals surface area (Å²) < 4.78 is 0. The molecule has 1 saturated heterocycles. The van der Waals surface area contributed by atoms with E-state index in [1.807, 2.05) is 12.1 Å². The van der Waals surface area contributed by atoms with Gasteiger partial charge < -0.3 is 10.2 Å². The number of amides is 1. The number of carbonyl (C=O) groups is 1. The molecule has 1 amide bonds. The number of likely N-dealkylation sites (tertiary alicyclic amines) is 1. The molecule has 0 radical (unpaired) electrons. The van der Waals surface area contributed by atoms with Crippen molar-refractivity contribution in [3.8, 4) is 11.4 Å². The summed E-state index contributed by atoms with van der Waals surface area (Å²) >= 11 is 0. The Hall–Kier alpha value is -2.28. The third kappa shape index (κ3) is 3.30. The minimum atomic E-state index is -0.0341. The highest BCUT2D eigenvalue weighted by molar-refractivity contribution is 5.94. The highest BCUT2D eigenvalue weighted by atomic mass is 16.1. The molecule has 1 aliphatic heterocycles. The van der Waals surface area contributed by atoms with E-state index in [1.54, 1.807) is 19.2 Å². The maximum Gasteiger partial charge on any atom is 0.251 e. The summed E-state index contributed by atoms with van der Waals surface area (Å²) in [5, 5.41) is 14.9. The lowest BCUT2D eigenvalue weighted by Gasteiger charge is -2.11. The average molecular weight is 300 g/mol. The molecule has 0 bridgehead atoms. The predicted octanol–water partition coefficient (Wildman–Crippen LogP) is 0.559. The van der Waals surface area contributed by atoms with Crippen LogP contribution in [0.2, 0.25) is 0 Å². The minimum Gasteiger partial charge on any atom is -0.352 e. The molecule has 1 fully saturated rings. The van der Waals surface area contributed by atoms with Crippen LogP contribution >= 0.6 is 0 Å². The van der Waals surface area contributed by atoms with Crippen molar-refractivity contribution in [2.75, 3.05) is 26.7 Å². The fourth-order valence-corrected chi connectivity index (χ4v) is 2.70. The molecular formula is C15H20N6O. The van der Waals surface area contributed by atoms with Crippen molar-refractivity contribution < 1.29 is 4.79 Å². The summed E-state index contributed by atoms with van der Waals surface area (Å²) in [6.45, 7) is 2.90. The van der Waals surface area contributed by atoms with Gasteiger partial charge in [0.1, 0.15) is 0 Å². The van der Waals surface area contributed by atoms with Crippen molar-refractivity contribution in [1.29, 1.82) is 0 Å². The summed E-state index contributed by atoms with van der Waals surface area (Å²) in [7, 11) is 3.83. The van der Waals surface area contributed by atoms with Crippen LogP contribution in [0.1, 0.15) is 16.8 Å². The fraction of sp³-hybridized carbons (Fsp3) is 0.467. The van der Waals surface area contributed by atoms with Gasteiger partial charge >= 0.3 is 0 Å². The number of aryl methyl sites for hydroxylation is 1. The van der Waals surface area contributed by atoms with Crippen molar-refractivity contribution in [3.05, 3.63) is 29.8 Å². The monoisotopic (exact) mass is 300 g/mol. The lowest BCUT2D eigenvalue weighted by atomic mass is 10.1. The van der Waals surface area contributed by atoms with Crippen LogP contribution in [0.15, 0.2) is 24.3 Å². The Bertz CT molecular complexity index is 650. The number of benzene rings is 1. The number of hydrogen-bond acceptors (Lipinski definition) is 5. The van der Waals surface area contributed by atoms with E-state index >= 15 is 0 Å². The third-order valence-electron chi connectivity index (χ3n) is 3.95. The van der Waals surface area contributed by atoms with Crippen molar-refractivity contribution in [2.24, 2.45) is 13.0 Å². The van der Waals surface area contributed by atoms with Gasteiger partial charge in [-0.3, -0.25) is 4.79 Å². The van der Waals surface area contributed by atoms with Gasteiger partial charge in [0.25, 0.3) is 5.91 Å². The van der Waals surface area contributed by atoms with Crippen LogP contribution in [0.25, 0.3) is 11.4 Å². The van der Waals surface area contributed by atoms with E-state index in [-0.39, 0.29) is 5.91 Å². The van der Waals surface area contributed by atoms with Crippen LogP contribution in [0, 0.1) is 5.92 Å². The Balaban J connectivity index is 1.59. The third-order valence-corrected chi connectivity index (χ3v) is 3.95. The first kappa shape index (κ1) is 14.6. The lowest BCUT2D eigenvalue weighted by molar-refractivity contribution is 0.0947. The Morgan fingerprint density at radius 2 is 2.09 bits per heavy atom. The van der Waals surface area contributed by atoms with Crippen LogP contribution in [0.3, 0.4) is 0 Å². The highest BCUT2D eigenvalue weighted by Gasteiger charge is 2.20. The Morgan fingerprint density at radius 1 is 1.32 bits per heavy atom. The molecule has 7 heteroatoms. The molecule has 1 aromatic heterocycles. The first-order valence-corrected chi connectivity index (χ1v) is 7.43. The number of nitrogens with one attached hydrogen (secondary N) is 1. The van der Waals surface area contributed by atoms with E-state index in [9.17, 15) is 4.79 Å². The molecule has 22 heavy (non-hydrogen) atoms. The number of aromatic nitrogens is 4. The van der Waals surface area contributed by atoms with Crippen molar-refractivity contribution in [3.63, 3.8) is 0 Å². The normalized spacial score (nSPS) is 18.5. The van der Waals surface area contributed by atoms with Crippen molar-refractivity contribution >= 4 is 5.91 Å². The standard InChI is InChI=1S/C15H20N6O/c1-20-8-7-11(10-20)9-16-15(22)13-5-3-12(4-6-13)14-17-19-21(2)18-14/h3-6,11H,7-10H2,1-2H3,(H,16,22)/t11-/m1/s1. The van der Waals surface area contributed by atoms with Crippen LogP contribution in [-0.4, -0.2) is 57.7 Å². The maximum atomic E-state index is 12.2. The van der Waals surface area contributed by atoms with Crippen LogP contribution < -0.4 is 5.32 Å². The molecule has 1 aromatic carbocycles. The smallest absolute Gasteiger partial charge is 0.251 e. The summed E-state index contributed by atoms with van der Waals surface area (Å²) in [5.41, 5.74) is 1.50. The van der Waals surface area contributed by atoms with Crippen molar-refractivity contribution in [1.82, 2.24) is 30.4 Å². The zero-order valence-corrected chi connectivity index (χ0v) is 12.9. The van der Waals surface area contributed by atoms with Gasteiger partial charge in [0.05, 0.1) is 7.05 Å². The Labute approximate surface area is 129 Å². The number of tetrazole rings is 1. The summed E-state index contributed by atoms with van der Waals surface area (Å²) in [5.74, 6) is 1.08. The molecule has 0 aliphatic carbocycles. The fourth-order valence-electron chi connectivity index (χ4n) is 2.70. The zero-order valence-electron chi connectivity index (χ0n) is 12.9. The molecule has 7 nitrogen and oxygen atoms in total. The molecule has 0 saturated carbocycles. The van der Waals surface area contributed by atoms with Crippen LogP contribution in [0.4, 0.5) is 0 Å².